The van der Waals surface area contributed by atoms with Crippen molar-refractivity contribution in [1.82, 2.24) is 0 Å². The van der Waals surface area contributed by atoms with Gasteiger partial charge in [0.25, 0.3) is 0 Å². The van der Waals surface area contributed by atoms with Crippen LogP contribution in [0.1, 0.15) is 68.2 Å². The molecule has 0 fully saturated rings. The number of nitrogens with two attached hydrogens (primary N) is 1. The van der Waals surface area contributed by atoms with Crippen molar-refractivity contribution in [3.63, 3.8) is 0 Å². The molecule has 3 heteroatoms. The molecule has 2 unspecified atom stereocenters. The van der Waals surface area contributed by atoms with Crippen molar-refractivity contribution in [1.29, 1.82) is 0 Å². The van der Waals surface area contributed by atoms with Crippen molar-refractivity contribution >= 4 is 0 Å². The summed E-state index contributed by atoms with van der Waals surface area (Å²) < 4.78 is 0. The molecule has 0 radical (unpaired) electrons. The van der Waals surface area contributed by atoms with E-state index in [9.17, 15) is 5.11 Å². The van der Waals surface area contributed by atoms with Gasteiger partial charge in [-0.3, -0.25) is 4.84 Å². The summed E-state index contributed by atoms with van der Waals surface area (Å²) in [5.74, 6) is 5.60. The van der Waals surface area contributed by atoms with E-state index in [1.54, 1.807) is 0 Å². The van der Waals surface area contributed by atoms with E-state index >= 15 is 0 Å². The van der Waals surface area contributed by atoms with Crippen LogP contribution in [0.25, 0.3) is 0 Å². The molecule has 0 aliphatic rings. The molecule has 0 amide bonds. The van der Waals surface area contributed by atoms with Gasteiger partial charge in [0.05, 0.1) is 0 Å². The fraction of sp³-hybridized carbons (Fsp3) is 1.00. The Morgan fingerprint density at radius 2 is 1.29 bits per heavy atom. The summed E-state index contributed by atoms with van der Waals surface area (Å²) in [6.45, 7) is 16.3. The Kier molecular flexibility index (Phi) is 4.83. The summed E-state index contributed by atoms with van der Waals surface area (Å²) in [5, 5.41) is 11.2. The lowest BCUT2D eigenvalue weighted by atomic mass is 9.56. The van der Waals surface area contributed by atoms with E-state index < -0.39 is 11.2 Å². The van der Waals surface area contributed by atoms with Crippen molar-refractivity contribution in [2.75, 3.05) is 0 Å². The van der Waals surface area contributed by atoms with Crippen LogP contribution in [0.15, 0.2) is 0 Å². The maximum Gasteiger partial charge on any atom is 0.123 e. The molecule has 0 bridgehead atoms. The summed E-state index contributed by atoms with van der Waals surface area (Å²) >= 11 is 0. The molecule has 104 valence electrons. The van der Waals surface area contributed by atoms with Gasteiger partial charge >= 0.3 is 0 Å². The van der Waals surface area contributed by atoms with E-state index in [0.717, 1.165) is 0 Å². The Morgan fingerprint density at radius 3 is 1.35 bits per heavy atom. The predicted molar refractivity (Wildman–Crippen MR) is 72.4 cm³/mol. The van der Waals surface area contributed by atoms with Gasteiger partial charge in [-0.2, -0.15) is 0 Å². The molecule has 0 heterocycles. The summed E-state index contributed by atoms with van der Waals surface area (Å²) in [4.78, 5) is 5.38. The average molecular weight is 245 g/mol. The van der Waals surface area contributed by atoms with Crippen LogP contribution in [0.5, 0.6) is 0 Å². The Balaban J connectivity index is 5.92. The molecule has 0 rings (SSSR count). The quantitative estimate of drug-likeness (QED) is 0.747. The lowest BCUT2D eigenvalue weighted by Gasteiger charge is -2.57. The van der Waals surface area contributed by atoms with Gasteiger partial charge in [0, 0.05) is 0 Å². The second-order valence-electron chi connectivity index (χ2n) is 7.01. The standard InChI is InChI=1S/C14H31NO2/c1-9-13(16,11(3,4)5)14(10-2,17-15)12(6,7)8/h16H,9-10,15H2,1-8H3. The molecule has 2 atom stereocenters. The Labute approximate surface area is 107 Å². The van der Waals surface area contributed by atoms with E-state index in [4.69, 9.17) is 10.7 Å². The highest BCUT2D eigenvalue weighted by Gasteiger charge is 2.61. The van der Waals surface area contributed by atoms with Crippen LogP contribution >= 0.6 is 0 Å². The third kappa shape index (κ3) is 2.38. The van der Waals surface area contributed by atoms with E-state index in [1.165, 1.54) is 0 Å². The molecule has 0 aliphatic carbocycles. The minimum Gasteiger partial charge on any atom is -0.386 e. The molecule has 0 saturated heterocycles. The molecule has 3 nitrogen and oxygen atoms in total. The fourth-order valence-electron chi connectivity index (χ4n) is 3.22. The highest BCUT2D eigenvalue weighted by atomic mass is 16.6. The maximum atomic E-state index is 11.2. The first-order valence-electron chi connectivity index (χ1n) is 6.53. The van der Waals surface area contributed by atoms with Crippen LogP contribution < -0.4 is 5.90 Å². The second kappa shape index (κ2) is 4.87. The van der Waals surface area contributed by atoms with Gasteiger partial charge in [0.15, 0.2) is 0 Å². The lowest BCUT2D eigenvalue weighted by molar-refractivity contribution is -0.272. The topological polar surface area (TPSA) is 55.5 Å². The Bertz CT molecular complexity index is 246. The molecule has 0 aromatic heterocycles. The van der Waals surface area contributed by atoms with Crippen LogP contribution in [-0.4, -0.2) is 16.3 Å². The zero-order valence-corrected chi connectivity index (χ0v) is 12.8. The van der Waals surface area contributed by atoms with E-state index in [1.807, 2.05) is 34.6 Å². The van der Waals surface area contributed by atoms with Gasteiger partial charge in [0.2, 0.25) is 0 Å². The van der Waals surface area contributed by atoms with Crippen molar-refractivity contribution in [2.45, 2.75) is 79.4 Å². The lowest BCUT2D eigenvalue weighted by Crippen LogP contribution is -2.68. The predicted octanol–water partition coefficient (Wildman–Crippen LogP) is 3.26. The monoisotopic (exact) mass is 245 g/mol. The zero-order chi connectivity index (χ0) is 14.1. The first-order chi connectivity index (χ1) is 7.43. The van der Waals surface area contributed by atoms with Gasteiger partial charge in [0.1, 0.15) is 11.2 Å². The second-order valence-corrected chi connectivity index (χ2v) is 7.01. The van der Waals surface area contributed by atoms with E-state index in [-0.39, 0.29) is 10.8 Å². The summed E-state index contributed by atoms with van der Waals surface area (Å²) in [7, 11) is 0. The van der Waals surface area contributed by atoms with Crippen molar-refractivity contribution in [3.05, 3.63) is 0 Å². The Hall–Kier alpha value is -0.120. The smallest absolute Gasteiger partial charge is 0.123 e. The number of hydrogen-bond acceptors (Lipinski definition) is 3. The Morgan fingerprint density at radius 1 is 0.882 bits per heavy atom. The van der Waals surface area contributed by atoms with Gasteiger partial charge in [-0.25, -0.2) is 5.90 Å². The molecule has 0 spiro atoms. The molecule has 3 N–H and O–H groups in total. The highest BCUT2D eigenvalue weighted by Crippen LogP contribution is 2.52. The normalized spacial score (nSPS) is 20.8. The number of hydrogen-bond donors (Lipinski definition) is 2. The SMILES string of the molecule is CCC(O)(C(C)(C)C)C(CC)(ON)C(C)(C)C. The van der Waals surface area contributed by atoms with Crippen LogP contribution in [0.4, 0.5) is 0 Å². The largest absolute Gasteiger partial charge is 0.386 e. The van der Waals surface area contributed by atoms with E-state index in [0.29, 0.717) is 12.8 Å². The maximum absolute atomic E-state index is 11.2. The van der Waals surface area contributed by atoms with Crippen molar-refractivity contribution in [3.8, 4) is 0 Å². The number of aliphatic hydroxyl groups is 1. The highest BCUT2D eigenvalue weighted by molar-refractivity contribution is 5.11. The fourth-order valence-corrected chi connectivity index (χ4v) is 3.22. The van der Waals surface area contributed by atoms with Crippen LogP contribution in [0.3, 0.4) is 0 Å². The third-order valence-electron chi connectivity index (χ3n) is 4.33. The third-order valence-corrected chi connectivity index (χ3v) is 4.33. The first kappa shape index (κ1) is 16.9. The molecular formula is C14H31NO2. The average Bonchev–Trinajstić information content (AvgIpc) is 2.15. The molecule has 0 aliphatic heterocycles. The molecule has 17 heavy (non-hydrogen) atoms. The van der Waals surface area contributed by atoms with Gasteiger partial charge < -0.3 is 5.11 Å². The van der Waals surface area contributed by atoms with Gasteiger partial charge in [-0.1, -0.05) is 55.4 Å². The zero-order valence-electron chi connectivity index (χ0n) is 12.8. The summed E-state index contributed by atoms with van der Waals surface area (Å²) in [6.07, 6.45) is 1.29. The molecule has 0 aromatic rings. The molecule has 0 aromatic carbocycles. The number of rotatable bonds is 4. The summed E-state index contributed by atoms with van der Waals surface area (Å²) in [5.41, 5.74) is -2.27. The first-order valence-corrected chi connectivity index (χ1v) is 6.53. The minimum atomic E-state index is -0.970. The summed E-state index contributed by atoms with van der Waals surface area (Å²) in [6, 6.07) is 0. The van der Waals surface area contributed by atoms with Gasteiger partial charge in [-0.05, 0) is 23.7 Å². The van der Waals surface area contributed by atoms with Crippen LogP contribution in [0.2, 0.25) is 0 Å². The van der Waals surface area contributed by atoms with Crippen LogP contribution in [0, 0.1) is 10.8 Å². The molecular weight excluding hydrogens is 214 g/mol. The van der Waals surface area contributed by atoms with E-state index in [2.05, 4.69) is 20.8 Å². The van der Waals surface area contributed by atoms with Gasteiger partial charge in [-0.15, -0.1) is 0 Å². The van der Waals surface area contributed by atoms with Crippen LogP contribution in [-0.2, 0) is 4.84 Å². The minimum absolute atomic E-state index is 0.242. The van der Waals surface area contributed by atoms with Crippen molar-refractivity contribution in [2.24, 2.45) is 16.7 Å². The van der Waals surface area contributed by atoms with Crippen molar-refractivity contribution < 1.29 is 9.94 Å². The molecule has 0 saturated carbocycles.